The molecule has 2 rings (SSSR count). The van der Waals surface area contributed by atoms with Crippen LogP contribution in [0.4, 0.5) is 0 Å². The number of hydrogen-bond acceptors (Lipinski definition) is 3. The van der Waals surface area contributed by atoms with Crippen molar-refractivity contribution < 1.29 is 14.6 Å². The van der Waals surface area contributed by atoms with Gasteiger partial charge >= 0.3 is 5.97 Å². The molecule has 0 aliphatic carbocycles. The van der Waals surface area contributed by atoms with E-state index in [1.54, 1.807) is 6.08 Å². The Kier molecular flexibility index (Phi) is 1.27. The van der Waals surface area contributed by atoms with Crippen LogP contribution in [0.3, 0.4) is 0 Å². The van der Waals surface area contributed by atoms with Crippen LogP contribution in [0.5, 0.6) is 0 Å². The second-order valence-electron chi connectivity index (χ2n) is 2.89. The lowest BCUT2D eigenvalue weighted by atomic mass is 9.90. The molecule has 0 aromatic rings. The van der Waals surface area contributed by atoms with Gasteiger partial charge in [-0.1, -0.05) is 12.2 Å². The minimum absolute atomic E-state index is 0.180. The zero-order valence-electron chi connectivity index (χ0n) is 5.81. The Morgan fingerprint density at radius 2 is 2.09 bits per heavy atom. The second-order valence-corrected chi connectivity index (χ2v) is 2.89. The topological polar surface area (TPSA) is 72.6 Å². The highest BCUT2D eigenvalue weighted by atomic mass is 16.5. The number of fused-ring (bicyclic) bond motifs is 2. The van der Waals surface area contributed by atoms with Gasteiger partial charge in [-0.05, 0) is 0 Å². The third kappa shape index (κ3) is 0.797. The fourth-order valence-corrected chi connectivity index (χ4v) is 1.64. The molecule has 2 bridgehead atoms. The van der Waals surface area contributed by atoms with Crippen molar-refractivity contribution in [3.8, 4) is 0 Å². The molecule has 2 aliphatic rings. The van der Waals surface area contributed by atoms with E-state index in [-0.39, 0.29) is 18.2 Å². The molecule has 0 aromatic carbocycles. The summed E-state index contributed by atoms with van der Waals surface area (Å²) < 4.78 is 5.24. The maximum Gasteiger partial charge on any atom is 0.311 e. The fourth-order valence-electron chi connectivity index (χ4n) is 1.64. The smallest absolute Gasteiger partial charge is 0.311 e. The lowest BCUT2D eigenvalue weighted by Crippen LogP contribution is -2.41. The average Bonchev–Trinajstić information content (AvgIpc) is 2.44. The van der Waals surface area contributed by atoms with Crippen LogP contribution in [-0.4, -0.2) is 29.3 Å². The van der Waals surface area contributed by atoms with Gasteiger partial charge in [0, 0.05) is 0 Å². The van der Waals surface area contributed by atoms with Crippen molar-refractivity contribution in [1.82, 2.24) is 0 Å². The molecule has 1 saturated heterocycles. The third-order valence-electron chi connectivity index (χ3n) is 2.24. The van der Waals surface area contributed by atoms with E-state index in [2.05, 4.69) is 0 Å². The molecule has 0 unspecified atom stereocenters. The molecular formula is C7H9NO3. The summed E-state index contributed by atoms with van der Waals surface area (Å²) in [5.41, 5.74) is 5.61. The van der Waals surface area contributed by atoms with Crippen molar-refractivity contribution >= 4 is 5.97 Å². The first kappa shape index (κ1) is 6.82. The number of aliphatic carboxylic acids is 1. The largest absolute Gasteiger partial charge is 0.481 e. The van der Waals surface area contributed by atoms with Gasteiger partial charge in [-0.15, -0.1) is 0 Å². The number of carboxylic acids is 1. The summed E-state index contributed by atoms with van der Waals surface area (Å²) in [6.07, 6.45) is 3.12. The van der Waals surface area contributed by atoms with Crippen LogP contribution in [0, 0.1) is 5.92 Å². The van der Waals surface area contributed by atoms with Crippen LogP contribution < -0.4 is 5.73 Å². The monoisotopic (exact) mass is 155 g/mol. The Hall–Kier alpha value is -0.870. The minimum Gasteiger partial charge on any atom is -0.481 e. The normalized spacial score (nSPS) is 46.6. The standard InChI is InChI=1S/C7H9NO3/c8-6-4-2-1-3(11-4)5(6)7(9)10/h1-6H,8H2,(H,9,10)/t3-,4-,5-,6-/m1/s1. The Bertz CT molecular complexity index is 226. The summed E-state index contributed by atoms with van der Waals surface area (Å²) in [5.74, 6) is -1.42. The molecule has 0 aromatic heterocycles. The molecule has 0 saturated carbocycles. The van der Waals surface area contributed by atoms with E-state index in [0.717, 1.165) is 0 Å². The Labute approximate surface area is 63.6 Å². The van der Waals surface area contributed by atoms with Gasteiger partial charge in [0.05, 0.1) is 18.2 Å². The van der Waals surface area contributed by atoms with E-state index in [0.29, 0.717) is 0 Å². The van der Waals surface area contributed by atoms with Crippen molar-refractivity contribution in [2.45, 2.75) is 18.2 Å². The lowest BCUT2D eigenvalue weighted by molar-refractivity contribution is -0.143. The quantitative estimate of drug-likeness (QED) is 0.493. The van der Waals surface area contributed by atoms with Crippen molar-refractivity contribution in [2.75, 3.05) is 0 Å². The van der Waals surface area contributed by atoms with Crippen LogP contribution in [0.25, 0.3) is 0 Å². The summed E-state index contributed by atoms with van der Waals surface area (Å²) in [7, 11) is 0. The number of rotatable bonds is 1. The zero-order chi connectivity index (χ0) is 8.01. The van der Waals surface area contributed by atoms with Crippen LogP contribution in [0.1, 0.15) is 0 Å². The van der Waals surface area contributed by atoms with E-state index in [1.807, 2.05) is 6.08 Å². The fraction of sp³-hybridized carbons (Fsp3) is 0.571. The van der Waals surface area contributed by atoms with E-state index >= 15 is 0 Å². The van der Waals surface area contributed by atoms with Crippen LogP contribution >= 0.6 is 0 Å². The molecule has 0 amide bonds. The predicted molar refractivity (Wildman–Crippen MR) is 36.9 cm³/mol. The molecule has 0 spiro atoms. The molecule has 4 heteroatoms. The van der Waals surface area contributed by atoms with E-state index in [1.165, 1.54) is 0 Å². The highest BCUT2D eigenvalue weighted by Crippen LogP contribution is 2.32. The molecule has 4 atom stereocenters. The number of ether oxygens (including phenoxy) is 1. The zero-order valence-corrected chi connectivity index (χ0v) is 5.81. The van der Waals surface area contributed by atoms with Crippen molar-refractivity contribution in [3.05, 3.63) is 12.2 Å². The average molecular weight is 155 g/mol. The first-order valence-corrected chi connectivity index (χ1v) is 3.52. The summed E-state index contributed by atoms with van der Waals surface area (Å²) in [5, 5.41) is 8.71. The summed E-state index contributed by atoms with van der Waals surface area (Å²) in [6.45, 7) is 0. The first-order chi connectivity index (χ1) is 5.20. The van der Waals surface area contributed by atoms with Gasteiger partial charge in [-0.2, -0.15) is 0 Å². The highest BCUT2D eigenvalue weighted by molar-refractivity contribution is 5.73. The summed E-state index contributed by atoms with van der Waals surface area (Å²) in [6, 6.07) is -0.373. The van der Waals surface area contributed by atoms with Crippen LogP contribution in [0.15, 0.2) is 12.2 Å². The number of nitrogens with two attached hydrogens (primary N) is 1. The molecule has 2 heterocycles. The van der Waals surface area contributed by atoms with Crippen molar-refractivity contribution in [1.29, 1.82) is 0 Å². The van der Waals surface area contributed by atoms with Gasteiger partial charge in [-0.3, -0.25) is 4.79 Å². The predicted octanol–water partition coefficient (Wildman–Crippen LogP) is -0.648. The molecule has 1 fully saturated rings. The van der Waals surface area contributed by atoms with Gasteiger partial charge < -0.3 is 15.6 Å². The minimum atomic E-state index is -0.866. The number of carbonyl (C=O) groups is 1. The van der Waals surface area contributed by atoms with E-state index < -0.39 is 11.9 Å². The molecule has 3 N–H and O–H groups in total. The number of hydrogen-bond donors (Lipinski definition) is 2. The Morgan fingerprint density at radius 1 is 1.45 bits per heavy atom. The molecular weight excluding hydrogens is 146 g/mol. The van der Waals surface area contributed by atoms with Gasteiger partial charge in [0.25, 0.3) is 0 Å². The van der Waals surface area contributed by atoms with E-state index in [9.17, 15) is 4.79 Å². The van der Waals surface area contributed by atoms with Crippen molar-refractivity contribution in [3.63, 3.8) is 0 Å². The van der Waals surface area contributed by atoms with Crippen LogP contribution in [-0.2, 0) is 9.53 Å². The molecule has 60 valence electrons. The molecule has 0 radical (unpaired) electrons. The third-order valence-corrected chi connectivity index (χ3v) is 2.24. The summed E-state index contributed by atoms with van der Waals surface area (Å²) in [4.78, 5) is 10.6. The highest BCUT2D eigenvalue weighted by Gasteiger charge is 2.47. The molecule has 11 heavy (non-hydrogen) atoms. The van der Waals surface area contributed by atoms with Gasteiger partial charge in [-0.25, -0.2) is 0 Å². The van der Waals surface area contributed by atoms with Crippen LogP contribution in [0.2, 0.25) is 0 Å². The van der Waals surface area contributed by atoms with Gasteiger partial charge in [0.2, 0.25) is 0 Å². The first-order valence-electron chi connectivity index (χ1n) is 3.52. The van der Waals surface area contributed by atoms with Gasteiger partial charge in [0.1, 0.15) is 5.92 Å². The molecule has 2 aliphatic heterocycles. The second kappa shape index (κ2) is 2.06. The SMILES string of the molecule is N[C@H]1[C@H](C(=O)O)[C@H]2C=C[C@H]1O2. The van der Waals surface area contributed by atoms with Gasteiger partial charge in [0.15, 0.2) is 0 Å². The lowest BCUT2D eigenvalue weighted by Gasteiger charge is -2.16. The maximum atomic E-state index is 10.6. The Balaban J connectivity index is 2.25. The summed E-state index contributed by atoms with van der Waals surface area (Å²) >= 11 is 0. The molecule has 4 nitrogen and oxygen atoms in total. The van der Waals surface area contributed by atoms with Crippen molar-refractivity contribution in [2.24, 2.45) is 11.7 Å². The Morgan fingerprint density at radius 3 is 2.45 bits per heavy atom. The van der Waals surface area contributed by atoms with E-state index in [4.69, 9.17) is 15.6 Å². The number of carboxylic acid groups (broad SMARTS) is 1. The maximum absolute atomic E-state index is 10.6.